The first-order valence-electron chi connectivity index (χ1n) is 11.4. The van der Waals surface area contributed by atoms with Gasteiger partial charge in [-0.15, -0.1) is 0 Å². The first-order chi connectivity index (χ1) is 17.1. The Morgan fingerprint density at radius 2 is 1.97 bits per heavy atom. The Bertz CT molecular complexity index is 1240. The lowest BCUT2D eigenvalue weighted by Gasteiger charge is -2.23. The first kappa shape index (κ1) is 23.3. The maximum absolute atomic E-state index is 12.0. The summed E-state index contributed by atoms with van der Waals surface area (Å²) in [4.78, 5) is 20.7. The van der Waals surface area contributed by atoms with Crippen molar-refractivity contribution in [1.82, 2.24) is 15.3 Å². The summed E-state index contributed by atoms with van der Waals surface area (Å²) in [6.07, 6.45) is 4.14. The van der Waals surface area contributed by atoms with Crippen LogP contribution in [-0.2, 0) is 4.74 Å². The predicted molar refractivity (Wildman–Crippen MR) is 129 cm³/mol. The monoisotopic (exact) mass is 500 g/mol. The highest BCUT2D eigenvalue weighted by atomic mass is 35.5. The maximum atomic E-state index is 12.0. The van der Waals surface area contributed by atoms with Crippen molar-refractivity contribution in [2.24, 2.45) is 0 Å². The van der Waals surface area contributed by atoms with E-state index in [-0.39, 0.29) is 18.0 Å². The summed E-state index contributed by atoms with van der Waals surface area (Å²) in [5.74, 6) is 2.21. The van der Waals surface area contributed by atoms with Crippen LogP contribution >= 0.6 is 11.6 Å². The molecule has 2 aliphatic rings. The van der Waals surface area contributed by atoms with Crippen LogP contribution in [0.3, 0.4) is 0 Å². The van der Waals surface area contributed by atoms with Gasteiger partial charge in [0.2, 0.25) is 11.6 Å². The number of aromatic nitrogens is 2. The van der Waals surface area contributed by atoms with Crippen LogP contribution in [-0.4, -0.2) is 55.6 Å². The Morgan fingerprint density at radius 3 is 2.74 bits per heavy atom. The minimum atomic E-state index is -0.283. The van der Waals surface area contributed by atoms with Crippen LogP contribution in [0.5, 0.6) is 28.9 Å². The quantitative estimate of drug-likeness (QED) is 0.411. The van der Waals surface area contributed by atoms with Crippen molar-refractivity contribution < 1.29 is 28.5 Å². The number of urea groups is 1. The lowest BCUT2D eigenvalue weighted by atomic mass is 10.1. The van der Waals surface area contributed by atoms with E-state index >= 15 is 0 Å². The van der Waals surface area contributed by atoms with Crippen LogP contribution in [0, 0.1) is 0 Å². The Balaban J connectivity index is 1.40. The summed E-state index contributed by atoms with van der Waals surface area (Å²) in [5.41, 5.74) is 1.07. The lowest BCUT2D eigenvalue weighted by Crippen LogP contribution is -2.30. The Kier molecular flexibility index (Phi) is 6.91. The fourth-order valence-corrected chi connectivity index (χ4v) is 3.81. The van der Waals surface area contributed by atoms with Gasteiger partial charge in [0.25, 0.3) is 0 Å². The van der Waals surface area contributed by atoms with Gasteiger partial charge in [0.05, 0.1) is 22.8 Å². The van der Waals surface area contributed by atoms with E-state index < -0.39 is 0 Å². The molecule has 2 amide bonds. The van der Waals surface area contributed by atoms with Gasteiger partial charge < -0.3 is 34.3 Å². The summed E-state index contributed by atoms with van der Waals surface area (Å²) in [6, 6.07) is 6.73. The number of carbonyl (C=O) groups excluding carboxylic acids is 1. The number of ether oxygens (including phenoxy) is 5. The largest absolute Gasteiger partial charge is 0.489 e. The van der Waals surface area contributed by atoms with Gasteiger partial charge in [-0.05, 0) is 25.0 Å². The topological polar surface area (TPSA) is 113 Å². The molecule has 0 spiro atoms. The van der Waals surface area contributed by atoms with Gasteiger partial charge >= 0.3 is 6.03 Å². The molecule has 0 radical (unpaired) electrons. The van der Waals surface area contributed by atoms with Gasteiger partial charge in [-0.3, -0.25) is 0 Å². The Labute approximate surface area is 206 Å². The SMILES string of the molecule is COCCCOc1cc2ncnc(Oc3ccc(NC(=O)NC4CC4)c(Cl)c3)c2c2c1OCCO2. The smallest absolute Gasteiger partial charge is 0.319 e. The molecule has 0 atom stereocenters. The molecule has 1 aliphatic carbocycles. The normalized spacial score (nSPS) is 14.5. The van der Waals surface area contributed by atoms with Crippen molar-refractivity contribution in [3.63, 3.8) is 0 Å². The van der Waals surface area contributed by atoms with Gasteiger partial charge in [0.15, 0.2) is 11.5 Å². The van der Waals surface area contributed by atoms with Gasteiger partial charge in [-0.25, -0.2) is 14.8 Å². The van der Waals surface area contributed by atoms with Gasteiger partial charge in [0, 0.05) is 38.3 Å². The molecule has 3 aromatic rings. The van der Waals surface area contributed by atoms with Crippen LogP contribution in [0.25, 0.3) is 10.9 Å². The number of methoxy groups -OCH3 is 1. The van der Waals surface area contributed by atoms with Crippen molar-refractivity contribution >= 4 is 34.2 Å². The average molecular weight is 501 g/mol. The molecule has 1 saturated carbocycles. The third-order valence-electron chi connectivity index (χ3n) is 5.41. The highest BCUT2D eigenvalue weighted by Gasteiger charge is 2.26. The van der Waals surface area contributed by atoms with Crippen LogP contribution in [0.15, 0.2) is 30.6 Å². The molecule has 2 N–H and O–H groups in total. The highest BCUT2D eigenvalue weighted by molar-refractivity contribution is 6.33. The Hall–Kier alpha value is -3.50. The van der Waals surface area contributed by atoms with Gasteiger partial charge in [-0.2, -0.15) is 0 Å². The third-order valence-corrected chi connectivity index (χ3v) is 5.72. The van der Waals surface area contributed by atoms with Crippen LogP contribution in [0.1, 0.15) is 19.3 Å². The molecule has 1 aliphatic heterocycles. The first-order valence-corrected chi connectivity index (χ1v) is 11.7. The standard InChI is InChI=1S/C24H25ClN4O6/c1-31-7-2-8-32-19-12-18-20(22-21(19)33-9-10-34-22)23(27-13-26-18)35-15-5-6-17(16(25)11-15)29-24(30)28-14-3-4-14/h5-6,11-14H,2-4,7-10H2,1H3,(H2,28,29,30). The van der Waals surface area contributed by atoms with E-state index in [2.05, 4.69) is 20.6 Å². The number of fused-ring (bicyclic) bond motifs is 3. The molecule has 2 heterocycles. The second kappa shape index (κ2) is 10.4. The molecule has 11 heteroatoms. The minimum Gasteiger partial charge on any atom is -0.489 e. The summed E-state index contributed by atoms with van der Waals surface area (Å²) in [5, 5.41) is 6.51. The highest BCUT2D eigenvalue weighted by Crippen LogP contribution is 2.48. The zero-order valence-electron chi connectivity index (χ0n) is 19.1. The van der Waals surface area contributed by atoms with Crippen molar-refractivity contribution in [2.45, 2.75) is 25.3 Å². The summed E-state index contributed by atoms with van der Waals surface area (Å²) in [6.45, 7) is 1.82. The molecule has 0 saturated heterocycles. The third kappa shape index (κ3) is 5.44. The molecule has 1 aromatic heterocycles. The van der Waals surface area contributed by atoms with E-state index in [0.717, 1.165) is 19.3 Å². The summed E-state index contributed by atoms with van der Waals surface area (Å²) >= 11 is 6.39. The molecule has 1 fully saturated rings. The molecule has 2 aromatic carbocycles. The Morgan fingerprint density at radius 1 is 1.14 bits per heavy atom. The van der Waals surface area contributed by atoms with Crippen LogP contribution < -0.4 is 29.6 Å². The van der Waals surface area contributed by atoms with E-state index in [1.54, 1.807) is 31.4 Å². The average Bonchev–Trinajstić information content (AvgIpc) is 3.67. The number of halogens is 1. The second-order valence-corrected chi connectivity index (χ2v) is 8.52. The van der Waals surface area contributed by atoms with Crippen LogP contribution in [0.4, 0.5) is 10.5 Å². The van der Waals surface area contributed by atoms with Gasteiger partial charge in [0.1, 0.15) is 30.7 Å². The number of carbonyl (C=O) groups is 1. The number of nitrogens with zero attached hydrogens (tertiary/aromatic N) is 2. The molecule has 0 unspecified atom stereocenters. The van der Waals surface area contributed by atoms with Crippen molar-refractivity contribution in [3.05, 3.63) is 35.6 Å². The number of anilines is 1. The van der Waals surface area contributed by atoms with E-state index in [9.17, 15) is 4.79 Å². The zero-order chi connectivity index (χ0) is 24.2. The number of rotatable bonds is 9. The van der Waals surface area contributed by atoms with Crippen molar-refractivity contribution in [2.75, 3.05) is 38.9 Å². The predicted octanol–water partition coefficient (Wildman–Crippen LogP) is 4.55. The summed E-state index contributed by atoms with van der Waals surface area (Å²) < 4.78 is 28.9. The second-order valence-electron chi connectivity index (χ2n) is 8.11. The summed E-state index contributed by atoms with van der Waals surface area (Å²) in [7, 11) is 1.65. The number of amides is 2. The van der Waals surface area contributed by atoms with E-state index in [1.807, 2.05) is 0 Å². The lowest BCUT2D eigenvalue weighted by molar-refractivity contribution is 0.154. The molecular weight excluding hydrogens is 476 g/mol. The molecular formula is C24H25ClN4O6. The number of hydrogen-bond acceptors (Lipinski definition) is 8. The number of nitrogens with one attached hydrogen (secondary N) is 2. The molecule has 5 rings (SSSR count). The molecule has 0 bridgehead atoms. The van der Waals surface area contributed by atoms with E-state index in [4.69, 9.17) is 35.3 Å². The van der Waals surface area contributed by atoms with E-state index in [1.165, 1.54) is 6.33 Å². The van der Waals surface area contributed by atoms with Gasteiger partial charge in [-0.1, -0.05) is 11.6 Å². The van der Waals surface area contributed by atoms with Crippen LogP contribution in [0.2, 0.25) is 5.02 Å². The molecule has 10 nitrogen and oxygen atoms in total. The number of hydrogen-bond donors (Lipinski definition) is 2. The van der Waals surface area contributed by atoms with Crippen molar-refractivity contribution in [3.8, 4) is 28.9 Å². The zero-order valence-corrected chi connectivity index (χ0v) is 19.9. The van der Waals surface area contributed by atoms with Crippen molar-refractivity contribution in [1.29, 1.82) is 0 Å². The fraction of sp³-hybridized carbons (Fsp3) is 0.375. The fourth-order valence-electron chi connectivity index (χ4n) is 3.60. The minimum absolute atomic E-state index is 0.246. The maximum Gasteiger partial charge on any atom is 0.319 e. The number of benzene rings is 2. The molecule has 35 heavy (non-hydrogen) atoms. The van der Waals surface area contributed by atoms with E-state index in [0.29, 0.717) is 71.0 Å². The molecule has 184 valence electrons.